The van der Waals surface area contributed by atoms with Gasteiger partial charge in [0.05, 0.1) is 20.5 Å². The van der Waals surface area contributed by atoms with Crippen LogP contribution in [0.4, 0.5) is 10.5 Å². The van der Waals surface area contributed by atoms with E-state index in [-0.39, 0.29) is 25.5 Å². The van der Waals surface area contributed by atoms with Gasteiger partial charge in [0.25, 0.3) is 16.8 Å². The summed E-state index contributed by atoms with van der Waals surface area (Å²) in [6.07, 6.45) is 1.18. The van der Waals surface area contributed by atoms with Gasteiger partial charge in [0.1, 0.15) is 11.8 Å². The van der Waals surface area contributed by atoms with Crippen LogP contribution in [0.25, 0.3) is 6.08 Å². The molecular formula is C14H11IN2O7S. The number of nitro groups is 1. The highest BCUT2D eigenvalue weighted by Gasteiger charge is 2.41. The van der Waals surface area contributed by atoms with E-state index in [2.05, 4.69) is 4.74 Å². The van der Waals surface area contributed by atoms with Crippen molar-refractivity contribution in [3.05, 3.63) is 36.3 Å². The number of phenolic OH excluding ortho intramolecular Hbond substituents is 1. The molecule has 1 aromatic carbocycles. The number of nitro benzene ring substituents is 1. The van der Waals surface area contributed by atoms with Crippen molar-refractivity contribution in [1.29, 1.82) is 0 Å². The molecule has 2 rings (SSSR count). The van der Waals surface area contributed by atoms with Crippen LogP contribution in [0.3, 0.4) is 0 Å². The molecule has 132 valence electrons. The number of thioether (sulfide) groups is 1. The Morgan fingerprint density at radius 3 is 2.68 bits per heavy atom. The second-order valence-corrected chi connectivity index (χ2v) is 7.03. The molecule has 1 aliphatic rings. The molecule has 0 spiro atoms. The molecule has 9 nitrogen and oxygen atoms in total. The maximum atomic E-state index is 12.4. The molecule has 0 bridgehead atoms. The molecule has 1 heterocycles. The number of hydrogen-bond acceptors (Lipinski definition) is 8. The number of nitrogens with zero attached hydrogens (tertiary/aromatic N) is 2. The summed E-state index contributed by atoms with van der Waals surface area (Å²) in [7, 11) is 1.14. The first-order valence-corrected chi connectivity index (χ1v) is 8.58. The monoisotopic (exact) mass is 478 g/mol. The highest BCUT2D eigenvalue weighted by Crippen LogP contribution is 2.37. The van der Waals surface area contributed by atoms with Crippen molar-refractivity contribution >= 4 is 63.2 Å². The van der Waals surface area contributed by atoms with Gasteiger partial charge in [-0.25, -0.2) is 4.79 Å². The number of benzene rings is 1. The molecule has 2 amide bonds. The van der Waals surface area contributed by atoms with Crippen molar-refractivity contribution in [2.45, 2.75) is 13.0 Å². The Balaban J connectivity index is 2.43. The lowest BCUT2D eigenvalue weighted by atomic mass is 10.1. The Kier molecular flexibility index (Phi) is 5.67. The first kappa shape index (κ1) is 19.2. The third-order valence-electron chi connectivity index (χ3n) is 3.33. The third-order valence-corrected chi connectivity index (χ3v) is 5.03. The standard InChI is InChI=1S/C14H11IN2O7S/c1-6(13(20)24-2)16-12(19)10(25-14(16)21)4-7-3-8(17(22)23)5-9(15)11(7)18/h3-6,18H,1-2H3/b10-4+/t6-/m1/s1. The largest absolute Gasteiger partial charge is 0.506 e. The first-order valence-electron chi connectivity index (χ1n) is 6.69. The van der Waals surface area contributed by atoms with Gasteiger partial charge in [0, 0.05) is 17.7 Å². The van der Waals surface area contributed by atoms with Gasteiger partial charge in [0.2, 0.25) is 0 Å². The van der Waals surface area contributed by atoms with Crippen LogP contribution in [0.1, 0.15) is 12.5 Å². The molecule has 1 atom stereocenters. The molecule has 0 saturated carbocycles. The van der Waals surface area contributed by atoms with E-state index in [0.29, 0.717) is 11.8 Å². The second kappa shape index (κ2) is 7.39. The fourth-order valence-corrected chi connectivity index (χ4v) is 3.58. The summed E-state index contributed by atoms with van der Waals surface area (Å²) in [5, 5.41) is 20.3. The van der Waals surface area contributed by atoms with Crippen LogP contribution in [0.15, 0.2) is 17.0 Å². The molecule has 1 aromatic rings. The predicted octanol–water partition coefficient (Wildman–Crippen LogP) is 2.50. The maximum absolute atomic E-state index is 12.4. The summed E-state index contributed by atoms with van der Waals surface area (Å²) >= 11 is 2.29. The van der Waals surface area contributed by atoms with Gasteiger partial charge in [-0.2, -0.15) is 0 Å². The Hall–Kier alpha value is -2.15. The number of carbonyl (C=O) groups excluding carboxylic acids is 3. The predicted molar refractivity (Wildman–Crippen MR) is 96.8 cm³/mol. The summed E-state index contributed by atoms with van der Waals surface area (Å²) in [4.78, 5) is 46.9. The Labute approximate surface area is 159 Å². The van der Waals surface area contributed by atoms with E-state index in [4.69, 9.17) is 0 Å². The Morgan fingerprint density at radius 1 is 1.48 bits per heavy atom. The number of hydrogen-bond donors (Lipinski definition) is 1. The van der Waals surface area contributed by atoms with E-state index in [0.717, 1.165) is 18.1 Å². The lowest BCUT2D eigenvalue weighted by molar-refractivity contribution is -0.385. The molecular weight excluding hydrogens is 467 g/mol. The number of methoxy groups -OCH3 is 1. The summed E-state index contributed by atoms with van der Waals surface area (Å²) in [6, 6.07) is 1.16. The van der Waals surface area contributed by atoms with Crippen LogP contribution >= 0.6 is 34.4 Å². The minimum Gasteiger partial charge on any atom is -0.506 e. The normalized spacial score (nSPS) is 17.1. The fraction of sp³-hybridized carbons (Fsp3) is 0.214. The molecule has 11 heteroatoms. The lowest BCUT2D eigenvalue weighted by Crippen LogP contribution is -2.42. The van der Waals surface area contributed by atoms with Gasteiger partial charge >= 0.3 is 5.97 Å². The highest BCUT2D eigenvalue weighted by molar-refractivity contribution is 14.1. The topological polar surface area (TPSA) is 127 Å². The molecule has 1 aliphatic heterocycles. The number of imide groups is 1. The minimum atomic E-state index is -1.11. The van der Waals surface area contributed by atoms with E-state index in [9.17, 15) is 29.6 Å². The van der Waals surface area contributed by atoms with Crippen LogP contribution < -0.4 is 0 Å². The molecule has 0 aromatic heterocycles. The van der Waals surface area contributed by atoms with Gasteiger partial charge in [-0.3, -0.25) is 24.6 Å². The number of esters is 1. The number of phenols is 1. The van der Waals surface area contributed by atoms with E-state index < -0.39 is 28.1 Å². The molecule has 1 fully saturated rings. The van der Waals surface area contributed by atoms with Gasteiger partial charge in [-0.15, -0.1) is 0 Å². The zero-order chi connectivity index (χ0) is 18.9. The highest BCUT2D eigenvalue weighted by atomic mass is 127. The van der Waals surface area contributed by atoms with Gasteiger partial charge < -0.3 is 9.84 Å². The SMILES string of the molecule is COC(=O)[C@@H](C)N1C(=O)S/C(=C/c2cc([N+](=O)[O-])cc(I)c2O)C1=O. The summed E-state index contributed by atoms with van der Waals surface area (Å²) in [6.45, 7) is 1.35. The van der Waals surface area contributed by atoms with E-state index in [1.54, 1.807) is 22.6 Å². The molecule has 0 unspecified atom stereocenters. The molecule has 1 saturated heterocycles. The molecule has 1 N–H and O–H groups in total. The van der Waals surface area contributed by atoms with E-state index in [1.807, 2.05) is 0 Å². The van der Waals surface area contributed by atoms with Gasteiger partial charge in [0.15, 0.2) is 0 Å². The maximum Gasteiger partial charge on any atom is 0.328 e. The molecule has 0 aliphatic carbocycles. The second-order valence-electron chi connectivity index (χ2n) is 4.87. The van der Waals surface area contributed by atoms with E-state index in [1.165, 1.54) is 19.1 Å². The summed E-state index contributed by atoms with van der Waals surface area (Å²) in [5.74, 6) is -1.75. The molecule has 25 heavy (non-hydrogen) atoms. The third kappa shape index (κ3) is 3.76. The van der Waals surface area contributed by atoms with Crippen molar-refractivity contribution in [3.8, 4) is 5.75 Å². The van der Waals surface area contributed by atoms with Crippen molar-refractivity contribution in [1.82, 2.24) is 4.90 Å². The average molecular weight is 478 g/mol. The zero-order valence-electron chi connectivity index (χ0n) is 12.9. The number of ether oxygens (including phenoxy) is 1. The van der Waals surface area contributed by atoms with Crippen molar-refractivity contribution in [3.63, 3.8) is 0 Å². The minimum absolute atomic E-state index is 0.0230. The number of amides is 2. The first-order chi connectivity index (χ1) is 11.7. The Morgan fingerprint density at radius 2 is 2.12 bits per heavy atom. The van der Waals surface area contributed by atoms with Crippen LogP contribution in [0.2, 0.25) is 0 Å². The van der Waals surface area contributed by atoms with Gasteiger partial charge in [-0.05, 0) is 47.4 Å². The zero-order valence-corrected chi connectivity index (χ0v) is 15.9. The van der Waals surface area contributed by atoms with Gasteiger partial charge in [-0.1, -0.05) is 0 Å². The average Bonchev–Trinajstić information content (AvgIpc) is 2.83. The number of halogens is 1. The van der Waals surface area contributed by atoms with Crippen molar-refractivity contribution in [2.24, 2.45) is 0 Å². The fourth-order valence-electron chi connectivity index (χ4n) is 2.05. The van der Waals surface area contributed by atoms with Crippen LogP contribution in [0, 0.1) is 13.7 Å². The summed E-state index contributed by atoms with van der Waals surface area (Å²) in [5.41, 5.74) is -0.245. The quantitative estimate of drug-likeness (QED) is 0.230. The van der Waals surface area contributed by atoms with Crippen LogP contribution in [-0.4, -0.2) is 45.2 Å². The number of non-ortho nitro benzene ring substituents is 1. The number of rotatable bonds is 4. The van der Waals surface area contributed by atoms with Crippen LogP contribution in [-0.2, 0) is 14.3 Å². The van der Waals surface area contributed by atoms with E-state index >= 15 is 0 Å². The smallest absolute Gasteiger partial charge is 0.328 e. The van der Waals surface area contributed by atoms with Crippen LogP contribution in [0.5, 0.6) is 5.75 Å². The number of aromatic hydroxyl groups is 1. The lowest BCUT2D eigenvalue weighted by Gasteiger charge is -2.18. The number of carbonyl (C=O) groups is 3. The summed E-state index contributed by atoms with van der Waals surface area (Å²) < 4.78 is 4.74. The molecule has 0 radical (unpaired) electrons. The van der Waals surface area contributed by atoms with Crippen molar-refractivity contribution in [2.75, 3.05) is 7.11 Å². The van der Waals surface area contributed by atoms with Crippen molar-refractivity contribution < 1.29 is 29.2 Å². The Bertz CT molecular complexity index is 824.